The zero-order valence-corrected chi connectivity index (χ0v) is 13.0. The number of halogens is 2. The monoisotopic (exact) mass is 340 g/mol. The topological polar surface area (TPSA) is 0 Å². The first kappa shape index (κ1) is 16.0. The second-order valence-electron chi connectivity index (χ2n) is 3.67. The minimum absolute atomic E-state index is 0. The normalized spacial score (nSPS) is 10.4. The van der Waals surface area contributed by atoms with E-state index in [1.165, 1.54) is 10.6 Å². The summed E-state index contributed by atoms with van der Waals surface area (Å²) < 4.78 is 0. The van der Waals surface area contributed by atoms with Crippen molar-refractivity contribution in [3.63, 3.8) is 0 Å². The van der Waals surface area contributed by atoms with E-state index in [0.717, 1.165) is 6.16 Å². The van der Waals surface area contributed by atoms with Gasteiger partial charge in [0.1, 0.15) is 4.84 Å². The summed E-state index contributed by atoms with van der Waals surface area (Å²) in [6.07, 6.45) is 0.798. The molecule has 2 aromatic rings. The van der Waals surface area contributed by atoms with E-state index < -0.39 is 7.92 Å². The van der Waals surface area contributed by atoms with Crippen molar-refractivity contribution < 1.29 is 16.5 Å². The van der Waals surface area contributed by atoms with Gasteiger partial charge in [-0.15, -0.1) is 23.2 Å². The summed E-state index contributed by atoms with van der Waals surface area (Å²) in [7, 11) is -0.454. The maximum absolute atomic E-state index is 5.95. The van der Waals surface area contributed by atoms with Crippen LogP contribution in [0.4, 0.5) is 0 Å². The standard InChI is InChI=1S/C14H13Cl2P.Ni/c15-14(16)11-17(12-7-3-1-4-8-12)13-9-5-2-6-10-13;/h1-10,14H,11H2;. The van der Waals surface area contributed by atoms with Crippen LogP contribution in [0.15, 0.2) is 60.7 Å². The quantitative estimate of drug-likeness (QED) is 0.449. The Kier molecular flexibility index (Phi) is 7.27. The van der Waals surface area contributed by atoms with Crippen LogP contribution in [0.1, 0.15) is 0 Å². The molecule has 4 heteroatoms. The Labute approximate surface area is 129 Å². The van der Waals surface area contributed by atoms with Gasteiger partial charge in [-0.3, -0.25) is 0 Å². The zero-order chi connectivity index (χ0) is 12.1. The van der Waals surface area contributed by atoms with Gasteiger partial charge in [0, 0.05) is 22.7 Å². The van der Waals surface area contributed by atoms with E-state index in [2.05, 4.69) is 48.5 Å². The summed E-state index contributed by atoms with van der Waals surface area (Å²) in [5, 5.41) is 2.64. The number of rotatable bonds is 4. The minimum Gasteiger partial charge on any atom is -0.105 e. The molecule has 0 amide bonds. The Morgan fingerprint density at radius 1 is 0.778 bits per heavy atom. The molecular weight excluding hydrogens is 329 g/mol. The Morgan fingerprint density at radius 3 is 1.50 bits per heavy atom. The van der Waals surface area contributed by atoms with Gasteiger partial charge in [0.05, 0.1) is 0 Å². The fourth-order valence-electron chi connectivity index (χ4n) is 1.71. The predicted molar refractivity (Wildman–Crippen MR) is 79.4 cm³/mol. The van der Waals surface area contributed by atoms with Crippen LogP contribution in [-0.4, -0.2) is 11.0 Å². The summed E-state index contributed by atoms with van der Waals surface area (Å²) in [6.45, 7) is 0. The average molecular weight is 342 g/mol. The van der Waals surface area contributed by atoms with Gasteiger partial charge in [-0.25, -0.2) is 0 Å². The summed E-state index contributed by atoms with van der Waals surface area (Å²) in [6, 6.07) is 20.9. The second-order valence-corrected chi connectivity index (χ2v) is 7.20. The molecule has 0 aliphatic rings. The van der Waals surface area contributed by atoms with E-state index in [-0.39, 0.29) is 21.3 Å². The zero-order valence-electron chi connectivity index (χ0n) is 9.58. The Morgan fingerprint density at radius 2 is 1.17 bits per heavy atom. The van der Waals surface area contributed by atoms with Gasteiger partial charge in [0.15, 0.2) is 0 Å². The molecule has 0 aliphatic carbocycles. The number of hydrogen-bond acceptors (Lipinski definition) is 0. The SMILES string of the molecule is ClC(Cl)CP(c1ccccc1)c1ccccc1.[Ni]. The molecule has 0 aliphatic heterocycles. The van der Waals surface area contributed by atoms with Crippen LogP contribution in [-0.2, 0) is 16.5 Å². The molecule has 0 atom stereocenters. The van der Waals surface area contributed by atoms with Crippen molar-refractivity contribution in [3.8, 4) is 0 Å². The molecule has 0 nitrogen and oxygen atoms in total. The summed E-state index contributed by atoms with van der Waals surface area (Å²) in [5.41, 5.74) is 0. The van der Waals surface area contributed by atoms with E-state index in [9.17, 15) is 0 Å². The third-order valence-electron chi connectivity index (χ3n) is 2.46. The molecule has 0 fully saturated rings. The molecule has 0 spiro atoms. The molecule has 2 rings (SSSR count). The summed E-state index contributed by atoms with van der Waals surface area (Å²) >= 11 is 11.9. The van der Waals surface area contributed by atoms with Crippen LogP contribution in [0.5, 0.6) is 0 Å². The molecule has 0 N–H and O–H groups in total. The Bertz CT molecular complexity index is 408. The van der Waals surface area contributed by atoms with Crippen molar-refractivity contribution in [2.45, 2.75) is 4.84 Å². The molecular formula is C14H13Cl2NiP. The first-order valence-electron chi connectivity index (χ1n) is 5.43. The Balaban J connectivity index is 0.00000162. The maximum atomic E-state index is 5.95. The van der Waals surface area contributed by atoms with Gasteiger partial charge in [0.25, 0.3) is 0 Å². The number of benzene rings is 2. The first-order valence-corrected chi connectivity index (χ1v) is 7.83. The summed E-state index contributed by atoms with van der Waals surface area (Å²) in [4.78, 5) is -0.318. The second kappa shape index (κ2) is 8.18. The van der Waals surface area contributed by atoms with E-state index >= 15 is 0 Å². The molecule has 0 bridgehead atoms. The number of alkyl halides is 2. The average Bonchev–Trinajstić information content (AvgIpc) is 2.38. The molecule has 0 saturated heterocycles. The minimum atomic E-state index is -0.454. The summed E-state index contributed by atoms with van der Waals surface area (Å²) in [5.74, 6) is 0. The molecule has 0 aromatic heterocycles. The van der Waals surface area contributed by atoms with Crippen molar-refractivity contribution >= 4 is 41.7 Å². The fraction of sp³-hybridized carbons (Fsp3) is 0.143. The molecule has 0 unspecified atom stereocenters. The van der Waals surface area contributed by atoms with Crippen molar-refractivity contribution in [1.82, 2.24) is 0 Å². The van der Waals surface area contributed by atoms with Crippen molar-refractivity contribution in [2.75, 3.05) is 6.16 Å². The van der Waals surface area contributed by atoms with Crippen LogP contribution < -0.4 is 10.6 Å². The van der Waals surface area contributed by atoms with Gasteiger partial charge in [0.2, 0.25) is 0 Å². The molecule has 0 heterocycles. The third kappa shape index (κ3) is 4.56. The third-order valence-corrected chi connectivity index (χ3v) is 5.77. The van der Waals surface area contributed by atoms with Gasteiger partial charge in [-0.05, 0) is 18.5 Å². The van der Waals surface area contributed by atoms with Crippen molar-refractivity contribution in [3.05, 3.63) is 60.7 Å². The van der Waals surface area contributed by atoms with Crippen LogP contribution in [0, 0.1) is 0 Å². The van der Waals surface area contributed by atoms with Gasteiger partial charge >= 0.3 is 0 Å². The van der Waals surface area contributed by atoms with Gasteiger partial charge < -0.3 is 0 Å². The van der Waals surface area contributed by atoms with Crippen LogP contribution in [0.25, 0.3) is 0 Å². The number of hydrogen-bond donors (Lipinski definition) is 0. The fourth-order valence-corrected chi connectivity index (χ4v) is 4.60. The smallest absolute Gasteiger partial charge is 0.105 e. The van der Waals surface area contributed by atoms with Crippen molar-refractivity contribution in [2.24, 2.45) is 0 Å². The van der Waals surface area contributed by atoms with E-state index in [4.69, 9.17) is 23.2 Å². The van der Waals surface area contributed by atoms with E-state index in [1.807, 2.05) is 12.1 Å². The molecule has 18 heavy (non-hydrogen) atoms. The van der Waals surface area contributed by atoms with Crippen LogP contribution >= 0.6 is 31.1 Å². The molecule has 98 valence electrons. The maximum Gasteiger partial charge on any atom is 0.112 e. The van der Waals surface area contributed by atoms with Gasteiger partial charge in [-0.1, -0.05) is 60.7 Å². The van der Waals surface area contributed by atoms with Crippen LogP contribution in [0.3, 0.4) is 0 Å². The molecule has 0 saturated carbocycles. The van der Waals surface area contributed by atoms with E-state index in [0.29, 0.717) is 0 Å². The molecule has 2 aromatic carbocycles. The van der Waals surface area contributed by atoms with Crippen molar-refractivity contribution in [1.29, 1.82) is 0 Å². The Hall–Kier alpha value is -0.0565. The van der Waals surface area contributed by atoms with Gasteiger partial charge in [-0.2, -0.15) is 0 Å². The predicted octanol–water partition coefficient (Wildman–Crippen LogP) is 3.92. The van der Waals surface area contributed by atoms with E-state index in [1.54, 1.807) is 0 Å². The first-order chi connectivity index (χ1) is 8.27. The molecule has 0 radical (unpaired) electrons. The van der Waals surface area contributed by atoms with Crippen LogP contribution in [0.2, 0.25) is 0 Å². The largest absolute Gasteiger partial charge is 0.112 e.